The topological polar surface area (TPSA) is 84.4 Å². The second-order valence-corrected chi connectivity index (χ2v) is 5.16. The molecule has 0 spiro atoms. The minimum Gasteiger partial charge on any atom is -0.394 e. The molecule has 6 heteroatoms. The molecule has 0 unspecified atom stereocenters. The van der Waals surface area contributed by atoms with Crippen LogP contribution in [0.2, 0.25) is 0 Å². The van der Waals surface area contributed by atoms with Crippen LogP contribution >= 0.6 is 0 Å². The number of hydrogen-bond acceptors (Lipinski definition) is 4. The first-order valence-electron chi connectivity index (χ1n) is 6.97. The lowest BCUT2D eigenvalue weighted by atomic mass is 10.1. The summed E-state index contributed by atoms with van der Waals surface area (Å²) in [5, 5.41) is 13.4. The normalized spacial score (nSPS) is 15.6. The highest BCUT2D eigenvalue weighted by atomic mass is 16.3. The zero-order valence-corrected chi connectivity index (χ0v) is 11.6. The minimum atomic E-state index is -0.837. The third-order valence-electron chi connectivity index (χ3n) is 3.76. The summed E-state index contributed by atoms with van der Waals surface area (Å²) in [4.78, 5) is 13.7. The van der Waals surface area contributed by atoms with E-state index in [1.54, 1.807) is 11.1 Å². The minimum absolute atomic E-state index is 0.212. The summed E-state index contributed by atoms with van der Waals surface area (Å²) >= 11 is 0. The number of amides is 1. The lowest BCUT2D eigenvalue weighted by Crippen LogP contribution is -2.47. The maximum atomic E-state index is 12.0. The fourth-order valence-electron chi connectivity index (χ4n) is 2.62. The van der Waals surface area contributed by atoms with Crippen LogP contribution in [0.1, 0.15) is 11.3 Å². The van der Waals surface area contributed by atoms with Gasteiger partial charge in [-0.2, -0.15) is 5.10 Å². The number of hydrogen-bond donors (Lipinski definition) is 2. The molecule has 110 valence electrons. The van der Waals surface area contributed by atoms with E-state index >= 15 is 0 Å². The van der Waals surface area contributed by atoms with Crippen LogP contribution in [-0.4, -0.2) is 44.9 Å². The molecule has 1 aliphatic rings. The van der Waals surface area contributed by atoms with E-state index in [4.69, 9.17) is 10.8 Å². The van der Waals surface area contributed by atoms with E-state index in [2.05, 4.69) is 5.10 Å². The molecule has 1 aromatic heterocycles. The molecule has 1 aliphatic heterocycles. The van der Waals surface area contributed by atoms with Crippen LogP contribution in [0.4, 0.5) is 0 Å². The van der Waals surface area contributed by atoms with Gasteiger partial charge >= 0.3 is 0 Å². The van der Waals surface area contributed by atoms with Gasteiger partial charge in [0.1, 0.15) is 6.04 Å². The summed E-state index contributed by atoms with van der Waals surface area (Å²) < 4.78 is 1.92. The lowest BCUT2D eigenvalue weighted by molar-refractivity contribution is -0.134. The molecule has 0 radical (unpaired) electrons. The lowest BCUT2D eigenvalue weighted by Gasteiger charge is -2.29. The molecular formula is C15H18N4O2. The first kappa shape index (κ1) is 13.8. The summed E-state index contributed by atoms with van der Waals surface area (Å²) in [5.74, 6) is -0.212. The predicted molar refractivity (Wildman–Crippen MR) is 77.7 cm³/mol. The fourth-order valence-corrected chi connectivity index (χ4v) is 2.62. The smallest absolute Gasteiger partial charge is 0.242 e. The van der Waals surface area contributed by atoms with E-state index in [-0.39, 0.29) is 12.5 Å². The van der Waals surface area contributed by atoms with Crippen molar-refractivity contribution >= 4 is 5.91 Å². The number of nitrogens with two attached hydrogens (primary N) is 1. The van der Waals surface area contributed by atoms with Crippen LogP contribution in [0.15, 0.2) is 36.5 Å². The van der Waals surface area contributed by atoms with Crippen LogP contribution in [0.25, 0.3) is 5.69 Å². The van der Waals surface area contributed by atoms with Gasteiger partial charge < -0.3 is 15.7 Å². The Labute approximate surface area is 122 Å². The summed E-state index contributed by atoms with van der Waals surface area (Å²) in [6, 6.07) is 9.09. The third kappa shape index (κ3) is 2.55. The average Bonchev–Trinajstić information content (AvgIpc) is 2.97. The van der Waals surface area contributed by atoms with E-state index in [9.17, 15) is 4.79 Å². The number of aromatic nitrogens is 2. The van der Waals surface area contributed by atoms with E-state index < -0.39 is 6.04 Å². The van der Waals surface area contributed by atoms with Gasteiger partial charge in [-0.15, -0.1) is 0 Å². The van der Waals surface area contributed by atoms with Crippen molar-refractivity contribution in [3.05, 3.63) is 47.8 Å². The van der Waals surface area contributed by atoms with Crippen molar-refractivity contribution < 1.29 is 9.90 Å². The van der Waals surface area contributed by atoms with E-state index in [0.717, 1.165) is 23.4 Å². The zero-order valence-electron chi connectivity index (χ0n) is 11.6. The Morgan fingerprint density at radius 1 is 1.38 bits per heavy atom. The highest BCUT2D eigenvalue weighted by molar-refractivity contribution is 5.82. The second-order valence-electron chi connectivity index (χ2n) is 5.16. The number of benzene rings is 1. The Morgan fingerprint density at radius 3 is 2.86 bits per heavy atom. The number of nitrogens with zero attached hydrogens (tertiary/aromatic N) is 3. The predicted octanol–water partition coefficient (Wildman–Crippen LogP) is 0.0766. The van der Waals surface area contributed by atoms with Gasteiger partial charge in [0.25, 0.3) is 0 Å². The average molecular weight is 286 g/mol. The molecule has 1 atom stereocenters. The van der Waals surface area contributed by atoms with Crippen LogP contribution in [0.5, 0.6) is 0 Å². The number of carbonyl (C=O) groups excluding carboxylic acids is 1. The third-order valence-corrected chi connectivity index (χ3v) is 3.76. The van der Waals surface area contributed by atoms with Crippen LogP contribution < -0.4 is 5.73 Å². The maximum absolute atomic E-state index is 12.0. The van der Waals surface area contributed by atoms with Crippen molar-refractivity contribution in [1.29, 1.82) is 0 Å². The van der Waals surface area contributed by atoms with Gasteiger partial charge in [0.2, 0.25) is 5.91 Å². The van der Waals surface area contributed by atoms with Crippen LogP contribution in [0, 0.1) is 0 Å². The van der Waals surface area contributed by atoms with E-state index in [0.29, 0.717) is 13.1 Å². The molecule has 0 bridgehead atoms. The first-order valence-corrected chi connectivity index (χ1v) is 6.97. The standard InChI is InChI=1S/C15H18N4O2/c16-13(10-20)15(21)18-7-6-14-11(9-18)8-17-19(14)12-4-2-1-3-5-12/h1-5,8,13,20H,6-7,9-10,16H2/t13-/m1/s1. The Hall–Kier alpha value is -2.18. The molecule has 21 heavy (non-hydrogen) atoms. The summed E-state index contributed by atoms with van der Waals surface area (Å²) in [5.41, 5.74) is 8.78. The first-order chi connectivity index (χ1) is 10.2. The molecule has 1 amide bonds. The Bertz CT molecular complexity index is 638. The quantitative estimate of drug-likeness (QED) is 0.836. The molecule has 1 aromatic carbocycles. The van der Waals surface area contributed by atoms with Crippen LogP contribution in [0.3, 0.4) is 0 Å². The molecule has 0 saturated carbocycles. The van der Waals surface area contributed by atoms with Gasteiger partial charge in [-0.25, -0.2) is 4.68 Å². The van der Waals surface area contributed by atoms with Gasteiger partial charge in [-0.1, -0.05) is 18.2 Å². The van der Waals surface area contributed by atoms with Gasteiger partial charge in [-0.05, 0) is 12.1 Å². The zero-order chi connectivity index (χ0) is 14.8. The SMILES string of the molecule is N[C@H](CO)C(=O)N1CCc2c(cnn2-c2ccccc2)C1. The summed E-state index contributed by atoms with van der Waals surface area (Å²) in [6.07, 6.45) is 2.53. The van der Waals surface area contributed by atoms with Crippen molar-refractivity contribution in [2.24, 2.45) is 5.73 Å². The highest BCUT2D eigenvalue weighted by Crippen LogP contribution is 2.22. The number of rotatable bonds is 3. The van der Waals surface area contributed by atoms with Gasteiger partial charge in [0.15, 0.2) is 0 Å². The monoisotopic (exact) mass is 286 g/mol. The molecule has 3 N–H and O–H groups in total. The second kappa shape index (κ2) is 5.67. The summed E-state index contributed by atoms with van der Waals surface area (Å²) in [7, 11) is 0. The van der Waals surface area contributed by atoms with Crippen molar-refractivity contribution in [3.8, 4) is 5.69 Å². The van der Waals surface area contributed by atoms with Crippen molar-refractivity contribution in [1.82, 2.24) is 14.7 Å². The number of aliphatic hydroxyl groups excluding tert-OH is 1. The van der Waals surface area contributed by atoms with Crippen molar-refractivity contribution in [3.63, 3.8) is 0 Å². The number of fused-ring (bicyclic) bond motifs is 1. The van der Waals surface area contributed by atoms with Gasteiger partial charge in [-0.3, -0.25) is 4.79 Å². The summed E-state index contributed by atoms with van der Waals surface area (Å²) in [6.45, 7) is 0.762. The number of para-hydroxylation sites is 1. The Balaban J connectivity index is 1.83. The van der Waals surface area contributed by atoms with Gasteiger partial charge in [0, 0.05) is 25.1 Å². The molecule has 6 nitrogen and oxygen atoms in total. The van der Waals surface area contributed by atoms with Crippen LogP contribution in [-0.2, 0) is 17.8 Å². The fraction of sp³-hybridized carbons (Fsp3) is 0.333. The molecule has 0 aliphatic carbocycles. The molecular weight excluding hydrogens is 268 g/mol. The number of carbonyl (C=O) groups is 1. The van der Waals surface area contributed by atoms with Crippen molar-refractivity contribution in [2.75, 3.05) is 13.2 Å². The van der Waals surface area contributed by atoms with E-state index in [1.807, 2.05) is 35.0 Å². The Morgan fingerprint density at radius 2 is 2.14 bits per heavy atom. The molecule has 0 saturated heterocycles. The highest BCUT2D eigenvalue weighted by Gasteiger charge is 2.27. The van der Waals surface area contributed by atoms with Gasteiger partial charge in [0.05, 0.1) is 24.2 Å². The largest absolute Gasteiger partial charge is 0.394 e. The Kier molecular flexibility index (Phi) is 3.72. The number of aliphatic hydroxyl groups is 1. The molecule has 3 rings (SSSR count). The molecule has 2 aromatic rings. The van der Waals surface area contributed by atoms with E-state index in [1.165, 1.54) is 0 Å². The molecule has 2 heterocycles. The van der Waals surface area contributed by atoms with Crippen molar-refractivity contribution in [2.45, 2.75) is 19.0 Å². The molecule has 0 fully saturated rings. The maximum Gasteiger partial charge on any atom is 0.242 e.